The molecule has 0 radical (unpaired) electrons. The Morgan fingerprint density at radius 3 is 2.83 bits per heavy atom. The van der Waals surface area contributed by atoms with Crippen LogP contribution in [0.5, 0.6) is 0 Å². The van der Waals surface area contributed by atoms with Crippen molar-refractivity contribution in [2.75, 3.05) is 13.7 Å². The molecule has 0 spiro atoms. The number of carbonyl (C=O) groups excluding carboxylic acids is 1. The second-order valence-corrected chi connectivity index (χ2v) is 7.91. The van der Waals surface area contributed by atoms with E-state index in [0.29, 0.717) is 45.0 Å². The highest BCUT2D eigenvalue weighted by molar-refractivity contribution is 9.10. The van der Waals surface area contributed by atoms with E-state index in [1.54, 1.807) is 24.6 Å². The van der Waals surface area contributed by atoms with Crippen LogP contribution in [0.25, 0.3) is 0 Å². The number of nitrogens with one attached hydrogen (secondary N) is 1. The fourth-order valence-corrected chi connectivity index (χ4v) is 4.12. The van der Waals surface area contributed by atoms with Gasteiger partial charge in [0.2, 0.25) is 0 Å². The number of allylic oxidation sites excluding steroid dienone is 1. The molecule has 30 heavy (non-hydrogen) atoms. The summed E-state index contributed by atoms with van der Waals surface area (Å²) in [5.74, 6) is -0.280. The minimum absolute atomic E-state index is 0.239. The van der Waals surface area contributed by atoms with Crippen LogP contribution >= 0.6 is 39.5 Å². The van der Waals surface area contributed by atoms with E-state index in [9.17, 15) is 9.18 Å². The topological polar surface area (TPSA) is 83.8 Å². The van der Waals surface area contributed by atoms with Gasteiger partial charge in [0.25, 0.3) is 0 Å². The Labute approximate surface area is 192 Å². The highest BCUT2D eigenvalue weighted by Gasteiger charge is 2.33. The van der Waals surface area contributed by atoms with Crippen molar-refractivity contribution in [3.8, 4) is 0 Å². The molecule has 10 heteroatoms. The number of ether oxygens (including phenoxy) is 1. The van der Waals surface area contributed by atoms with Gasteiger partial charge in [0.1, 0.15) is 11.9 Å². The number of esters is 1. The van der Waals surface area contributed by atoms with Crippen molar-refractivity contribution in [2.24, 2.45) is 4.99 Å². The molecule has 2 N–H and O–H groups in total. The highest BCUT2D eigenvalue weighted by atomic mass is 79.9. The number of aliphatic hydroxyl groups is 1. The molecule has 0 aliphatic carbocycles. The lowest BCUT2D eigenvalue weighted by atomic mass is 9.94. The third-order valence-corrected chi connectivity index (χ3v) is 5.73. The Hall–Kier alpha value is -2.01. The summed E-state index contributed by atoms with van der Waals surface area (Å²) < 4.78 is 19.4. The Kier molecular flexibility index (Phi) is 9.70. The van der Waals surface area contributed by atoms with E-state index in [4.69, 9.17) is 27.1 Å². The number of thiazole rings is 1. The zero-order valence-electron chi connectivity index (χ0n) is 16.4. The standard InChI is InChI=1S/C19H17BrFN3O2S2.CH4O/c1-2-26-19(25)15-14(4-3-8-27)23-17(18-22-7-9-28-18)24-16(15)12-6-5-11(21)10-13(12)20;1-2/h5-10,16H,2-4H2,1H3,(H,23,24);2H,1H3. The van der Waals surface area contributed by atoms with Crippen LogP contribution in [-0.4, -0.2) is 41.0 Å². The second-order valence-electron chi connectivity index (χ2n) is 5.83. The number of rotatable bonds is 7. The highest BCUT2D eigenvalue weighted by Crippen LogP contribution is 2.37. The maximum Gasteiger partial charge on any atom is 0.338 e. The fourth-order valence-electron chi connectivity index (χ4n) is 2.84. The van der Waals surface area contributed by atoms with Gasteiger partial charge < -0.3 is 15.2 Å². The largest absolute Gasteiger partial charge is 0.463 e. The number of benzene rings is 1. The van der Waals surface area contributed by atoms with Gasteiger partial charge >= 0.3 is 5.97 Å². The van der Waals surface area contributed by atoms with Crippen LogP contribution in [0.3, 0.4) is 0 Å². The van der Waals surface area contributed by atoms with Gasteiger partial charge in [-0.15, -0.1) is 11.3 Å². The summed E-state index contributed by atoms with van der Waals surface area (Å²) in [5.41, 5.74) is 1.74. The number of aliphatic hydroxyl groups excluding tert-OH is 1. The predicted octanol–water partition coefficient (Wildman–Crippen LogP) is 4.34. The van der Waals surface area contributed by atoms with Crippen molar-refractivity contribution in [3.05, 3.63) is 61.9 Å². The molecule has 1 aromatic carbocycles. The Bertz CT molecular complexity index is 949. The molecule has 1 atom stereocenters. The Morgan fingerprint density at radius 2 is 2.23 bits per heavy atom. The lowest BCUT2D eigenvalue weighted by molar-refractivity contribution is -0.139. The van der Waals surface area contributed by atoms with Crippen molar-refractivity contribution in [1.82, 2.24) is 10.3 Å². The molecule has 1 unspecified atom stereocenters. The number of amidine groups is 1. The van der Waals surface area contributed by atoms with Gasteiger partial charge in [0.05, 0.1) is 12.2 Å². The quantitative estimate of drug-likeness (QED) is 0.423. The molecule has 1 aromatic heterocycles. The van der Waals surface area contributed by atoms with Crippen LogP contribution in [-0.2, 0) is 9.53 Å². The summed E-state index contributed by atoms with van der Waals surface area (Å²) in [6, 6.07) is 3.67. The number of halogens is 2. The lowest BCUT2D eigenvalue weighted by Gasteiger charge is -2.27. The van der Waals surface area contributed by atoms with Crippen LogP contribution < -0.4 is 5.32 Å². The van der Waals surface area contributed by atoms with Crippen molar-refractivity contribution in [1.29, 1.82) is 0 Å². The molecule has 0 saturated heterocycles. The summed E-state index contributed by atoms with van der Waals surface area (Å²) in [6.45, 7) is 1.99. The number of nitrogens with zero attached hydrogens (tertiary/aromatic N) is 2. The van der Waals surface area contributed by atoms with E-state index in [1.807, 2.05) is 5.38 Å². The van der Waals surface area contributed by atoms with Crippen LogP contribution in [0.15, 0.2) is 50.5 Å². The first-order chi connectivity index (χ1) is 14.5. The second kappa shape index (κ2) is 12.0. The first kappa shape index (κ1) is 24.3. The molecule has 0 fully saturated rings. The molecule has 1 aliphatic rings. The first-order valence-corrected chi connectivity index (χ1v) is 11.2. The molecule has 6 nitrogen and oxygen atoms in total. The molecule has 1 aliphatic heterocycles. The van der Waals surface area contributed by atoms with E-state index < -0.39 is 12.0 Å². The van der Waals surface area contributed by atoms with Crippen molar-refractivity contribution in [2.45, 2.75) is 25.8 Å². The maximum atomic E-state index is 13.6. The molecule has 0 saturated carbocycles. The molecule has 160 valence electrons. The third-order valence-electron chi connectivity index (χ3n) is 4.03. The van der Waals surface area contributed by atoms with Crippen molar-refractivity contribution < 1.29 is 19.0 Å². The van der Waals surface area contributed by atoms with Gasteiger partial charge in [0.15, 0.2) is 10.8 Å². The van der Waals surface area contributed by atoms with Crippen LogP contribution in [0.1, 0.15) is 36.4 Å². The Balaban J connectivity index is 0.00000155. The van der Waals surface area contributed by atoms with E-state index >= 15 is 0 Å². The van der Waals surface area contributed by atoms with E-state index in [1.165, 1.54) is 23.5 Å². The zero-order chi connectivity index (χ0) is 22.1. The molecular formula is C20H21BrFN3O3S2. The summed E-state index contributed by atoms with van der Waals surface area (Å²) in [6.07, 6.45) is 2.81. The van der Waals surface area contributed by atoms with Crippen molar-refractivity contribution >= 4 is 56.7 Å². The van der Waals surface area contributed by atoms with E-state index in [0.717, 1.165) is 7.11 Å². The van der Waals surface area contributed by atoms with Gasteiger partial charge in [-0.3, -0.25) is 4.99 Å². The molecule has 2 aromatic rings. The monoisotopic (exact) mass is 513 g/mol. The average molecular weight is 514 g/mol. The van der Waals surface area contributed by atoms with E-state index in [-0.39, 0.29) is 12.4 Å². The SMILES string of the molecule is CCOC(=O)C1=C(CCC=S)NC(c2nccs2)=NC1c1ccc(F)cc1Br.CO. The number of hydrogen-bond acceptors (Lipinski definition) is 8. The first-order valence-electron chi connectivity index (χ1n) is 9.03. The summed E-state index contributed by atoms with van der Waals surface area (Å²) >= 11 is 9.80. The fraction of sp³-hybridized carbons (Fsp3) is 0.300. The molecule has 3 rings (SSSR count). The summed E-state index contributed by atoms with van der Waals surface area (Å²) in [7, 11) is 1.00. The van der Waals surface area contributed by atoms with Crippen molar-refractivity contribution in [3.63, 3.8) is 0 Å². The predicted molar refractivity (Wildman–Crippen MR) is 123 cm³/mol. The maximum absolute atomic E-state index is 13.6. The van der Waals surface area contributed by atoms with E-state index in [2.05, 4.69) is 26.2 Å². The number of thiocarbonyl (C=S) groups is 1. The molecule has 0 amide bonds. The minimum Gasteiger partial charge on any atom is -0.463 e. The normalized spacial score (nSPS) is 15.5. The van der Waals surface area contributed by atoms with Gasteiger partial charge in [0, 0.05) is 28.9 Å². The average Bonchev–Trinajstić information content (AvgIpc) is 3.28. The smallest absolute Gasteiger partial charge is 0.338 e. The third kappa shape index (κ3) is 5.78. The summed E-state index contributed by atoms with van der Waals surface area (Å²) in [5, 5.41) is 14.4. The minimum atomic E-state index is -0.658. The molecule has 0 bridgehead atoms. The zero-order valence-corrected chi connectivity index (χ0v) is 19.6. The van der Waals surface area contributed by atoms with Crippen LogP contribution in [0.2, 0.25) is 0 Å². The Morgan fingerprint density at radius 1 is 1.47 bits per heavy atom. The van der Waals surface area contributed by atoms with Gasteiger partial charge in [-0.25, -0.2) is 14.2 Å². The van der Waals surface area contributed by atoms with Gasteiger partial charge in [-0.05, 0) is 42.8 Å². The number of carbonyl (C=O) groups is 1. The molecular weight excluding hydrogens is 493 g/mol. The summed E-state index contributed by atoms with van der Waals surface area (Å²) in [4.78, 5) is 21.8. The van der Waals surface area contributed by atoms with Crippen LogP contribution in [0, 0.1) is 5.82 Å². The van der Waals surface area contributed by atoms with Crippen LogP contribution in [0.4, 0.5) is 4.39 Å². The van der Waals surface area contributed by atoms with Gasteiger partial charge in [-0.2, -0.15) is 0 Å². The lowest BCUT2D eigenvalue weighted by Crippen LogP contribution is -2.34. The number of aromatic nitrogens is 1. The molecule has 2 heterocycles. The number of hydrogen-bond donors (Lipinski definition) is 2. The number of aliphatic imine (C=N–C) groups is 1. The van der Waals surface area contributed by atoms with Gasteiger partial charge in [-0.1, -0.05) is 34.2 Å².